The van der Waals surface area contributed by atoms with Crippen molar-refractivity contribution in [2.75, 3.05) is 0 Å². The third-order valence-corrected chi connectivity index (χ3v) is 1.54. The van der Waals surface area contributed by atoms with Gasteiger partial charge in [-0.05, 0) is 6.08 Å². The Kier molecular flexibility index (Phi) is 2.02. The fourth-order valence-electron chi connectivity index (χ4n) is 0.676. The van der Waals surface area contributed by atoms with Crippen molar-refractivity contribution >= 4 is 23.7 Å². The first kappa shape index (κ1) is 7.22. The van der Waals surface area contributed by atoms with Crippen LogP contribution in [0.25, 0.3) is 0 Å². The molecule has 1 aliphatic carbocycles. The van der Waals surface area contributed by atoms with Gasteiger partial charge in [-0.15, -0.1) is 0 Å². The van der Waals surface area contributed by atoms with E-state index < -0.39 is 0 Å². The molecule has 0 saturated heterocycles. The first-order chi connectivity index (χ1) is 4.74. The summed E-state index contributed by atoms with van der Waals surface area (Å²) in [5.74, 6) is -0.132. The van der Waals surface area contributed by atoms with Crippen molar-refractivity contribution in [3.8, 4) is 0 Å². The highest BCUT2D eigenvalue weighted by molar-refractivity contribution is 6.43. The molecule has 0 saturated carbocycles. The zero-order chi connectivity index (χ0) is 7.56. The molecule has 0 spiro atoms. The zero-order valence-electron chi connectivity index (χ0n) is 5.13. The Labute approximate surface area is 63.2 Å². The average Bonchev–Trinajstić information content (AvgIpc) is 1.95. The Morgan fingerprint density at radius 3 is 2.80 bits per heavy atom. The van der Waals surface area contributed by atoms with E-state index >= 15 is 0 Å². The van der Waals surface area contributed by atoms with Crippen molar-refractivity contribution in [2.45, 2.75) is 6.42 Å². The van der Waals surface area contributed by atoms with Crippen LogP contribution in [0.15, 0.2) is 22.8 Å². The number of halogens is 1. The van der Waals surface area contributed by atoms with E-state index in [9.17, 15) is 9.59 Å². The lowest BCUT2D eigenvalue weighted by molar-refractivity contribution is -0.114. The van der Waals surface area contributed by atoms with Crippen molar-refractivity contribution in [2.24, 2.45) is 0 Å². The fourth-order valence-corrected chi connectivity index (χ4v) is 0.879. The normalized spacial score (nSPS) is 17.9. The number of ketones is 1. The number of hydrogen-bond acceptors (Lipinski definition) is 2. The summed E-state index contributed by atoms with van der Waals surface area (Å²) in [4.78, 5) is 20.8. The van der Waals surface area contributed by atoms with E-state index in [0.717, 1.165) is 0 Å². The summed E-state index contributed by atoms with van der Waals surface area (Å²) in [6, 6.07) is 0. The average molecular weight is 157 g/mol. The van der Waals surface area contributed by atoms with Crippen LogP contribution in [0.3, 0.4) is 0 Å². The third-order valence-electron chi connectivity index (χ3n) is 1.22. The summed E-state index contributed by atoms with van der Waals surface area (Å²) in [5.41, 5.74) is 0.476. The van der Waals surface area contributed by atoms with Crippen molar-refractivity contribution in [1.29, 1.82) is 0 Å². The molecule has 0 aromatic heterocycles. The molecule has 0 bridgehead atoms. The molecule has 0 amide bonds. The molecule has 2 nitrogen and oxygen atoms in total. The SMILES string of the molecule is O=CC1=CCC(=O)C(Cl)=C1. The lowest BCUT2D eigenvalue weighted by Gasteiger charge is -2.01. The van der Waals surface area contributed by atoms with Crippen LogP contribution in [0.2, 0.25) is 0 Å². The first-order valence-corrected chi connectivity index (χ1v) is 3.17. The lowest BCUT2D eigenvalue weighted by Crippen LogP contribution is -2.01. The van der Waals surface area contributed by atoms with E-state index in [2.05, 4.69) is 0 Å². The van der Waals surface area contributed by atoms with Crippen LogP contribution in [-0.2, 0) is 9.59 Å². The van der Waals surface area contributed by atoms with Crippen molar-refractivity contribution < 1.29 is 9.59 Å². The minimum atomic E-state index is -0.132. The summed E-state index contributed by atoms with van der Waals surface area (Å²) in [6.07, 6.45) is 3.85. The zero-order valence-corrected chi connectivity index (χ0v) is 5.89. The van der Waals surface area contributed by atoms with Gasteiger partial charge in [-0.3, -0.25) is 9.59 Å². The minimum Gasteiger partial charge on any atom is -0.298 e. The molecule has 0 atom stereocenters. The highest BCUT2D eigenvalue weighted by atomic mass is 35.5. The van der Waals surface area contributed by atoms with Crippen LogP contribution in [0, 0.1) is 0 Å². The minimum absolute atomic E-state index is 0.132. The summed E-state index contributed by atoms with van der Waals surface area (Å²) in [7, 11) is 0. The fraction of sp³-hybridized carbons (Fsp3) is 0.143. The summed E-state index contributed by atoms with van der Waals surface area (Å²) >= 11 is 5.45. The molecule has 0 aliphatic heterocycles. The Bertz CT molecular complexity index is 238. The molecule has 3 heteroatoms. The predicted octanol–water partition coefficient (Wildman–Crippen LogP) is 1.21. The second kappa shape index (κ2) is 2.80. The van der Waals surface area contributed by atoms with Gasteiger partial charge in [-0.2, -0.15) is 0 Å². The Morgan fingerprint density at radius 2 is 2.30 bits per heavy atom. The Balaban J connectivity index is 2.89. The van der Waals surface area contributed by atoms with Crippen molar-refractivity contribution in [3.05, 3.63) is 22.8 Å². The van der Waals surface area contributed by atoms with Gasteiger partial charge in [0.25, 0.3) is 0 Å². The molecular weight excluding hydrogens is 152 g/mol. The number of aldehydes is 1. The van der Waals surface area contributed by atoms with E-state index in [-0.39, 0.29) is 17.2 Å². The molecule has 52 valence electrons. The molecule has 0 aromatic rings. The molecule has 1 aliphatic rings. The second-order valence-electron chi connectivity index (χ2n) is 1.94. The van der Waals surface area contributed by atoms with E-state index in [1.807, 2.05) is 0 Å². The van der Waals surface area contributed by atoms with Gasteiger partial charge in [0.2, 0.25) is 0 Å². The maximum atomic E-state index is 10.7. The highest BCUT2D eigenvalue weighted by Gasteiger charge is 2.10. The van der Waals surface area contributed by atoms with Crippen LogP contribution >= 0.6 is 11.6 Å². The number of carbonyl (C=O) groups excluding carboxylic acids is 2. The van der Waals surface area contributed by atoms with Crippen molar-refractivity contribution in [3.63, 3.8) is 0 Å². The highest BCUT2D eigenvalue weighted by Crippen LogP contribution is 2.15. The third kappa shape index (κ3) is 1.33. The van der Waals surface area contributed by atoms with Gasteiger partial charge < -0.3 is 0 Å². The van der Waals surface area contributed by atoms with E-state index in [0.29, 0.717) is 11.9 Å². The first-order valence-electron chi connectivity index (χ1n) is 2.80. The molecule has 0 aromatic carbocycles. The molecular formula is C7H5ClO2. The van der Waals surface area contributed by atoms with Crippen LogP contribution in [0.4, 0.5) is 0 Å². The molecule has 0 heterocycles. The summed E-state index contributed by atoms with van der Waals surface area (Å²) in [6.45, 7) is 0. The number of allylic oxidation sites excluding steroid dienone is 4. The number of rotatable bonds is 1. The van der Waals surface area contributed by atoms with Crippen molar-refractivity contribution in [1.82, 2.24) is 0 Å². The monoisotopic (exact) mass is 156 g/mol. The molecule has 0 unspecified atom stereocenters. The van der Waals surface area contributed by atoms with Crippen LogP contribution in [0.5, 0.6) is 0 Å². The van der Waals surface area contributed by atoms with E-state index in [1.54, 1.807) is 6.08 Å². The molecule has 0 radical (unpaired) electrons. The molecule has 0 N–H and O–H groups in total. The van der Waals surface area contributed by atoms with E-state index in [1.165, 1.54) is 6.08 Å². The Morgan fingerprint density at radius 1 is 1.60 bits per heavy atom. The summed E-state index contributed by atoms with van der Waals surface area (Å²) < 4.78 is 0. The van der Waals surface area contributed by atoms with Gasteiger partial charge in [0, 0.05) is 12.0 Å². The van der Waals surface area contributed by atoms with Gasteiger partial charge in [-0.25, -0.2) is 0 Å². The smallest absolute Gasteiger partial charge is 0.177 e. The summed E-state index contributed by atoms with van der Waals surface area (Å²) in [5, 5.41) is 0.143. The quantitative estimate of drug-likeness (QED) is 0.535. The Hall–Kier alpha value is -0.890. The van der Waals surface area contributed by atoms with E-state index in [4.69, 9.17) is 11.6 Å². The molecule has 0 fully saturated rings. The van der Waals surface area contributed by atoms with Gasteiger partial charge in [0.1, 0.15) is 6.29 Å². The maximum Gasteiger partial charge on any atom is 0.177 e. The maximum absolute atomic E-state index is 10.7. The largest absolute Gasteiger partial charge is 0.298 e. The lowest BCUT2D eigenvalue weighted by atomic mass is 10.1. The topological polar surface area (TPSA) is 34.1 Å². The number of carbonyl (C=O) groups is 2. The number of Topliss-reactive ketones (excluding diaryl/α,β-unsaturated/α-hetero) is 1. The van der Waals surface area contributed by atoms with Gasteiger partial charge >= 0.3 is 0 Å². The molecule has 10 heavy (non-hydrogen) atoms. The van der Waals surface area contributed by atoms with Gasteiger partial charge in [0.05, 0.1) is 5.03 Å². The van der Waals surface area contributed by atoms with Crippen LogP contribution in [-0.4, -0.2) is 12.1 Å². The number of hydrogen-bond donors (Lipinski definition) is 0. The van der Waals surface area contributed by atoms with Crippen LogP contribution in [0.1, 0.15) is 6.42 Å². The second-order valence-corrected chi connectivity index (χ2v) is 2.35. The predicted molar refractivity (Wildman–Crippen MR) is 37.7 cm³/mol. The van der Waals surface area contributed by atoms with Crippen LogP contribution < -0.4 is 0 Å². The van der Waals surface area contributed by atoms with Gasteiger partial charge in [0.15, 0.2) is 5.78 Å². The standard InChI is InChI=1S/C7H5ClO2/c8-6-3-5(4-9)1-2-7(6)10/h1,3-4H,2H2. The molecule has 1 rings (SSSR count). The van der Waals surface area contributed by atoms with Gasteiger partial charge in [-0.1, -0.05) is 17.7 Å².